The zero-order chi connectivity index (χ0) is 20.5. The van der Waals surface area contributed by atoms with E-state index in [0.29, 0.717) is 37.9 Å². The Morgan fingerprint density at radius 2 is 1.83 bits per heavy atom. The zero-order valence-electron chi connectivity index (χ0n) is 16.5. The average molecular weight is 406 g/mol. The smallest absolute Gasteiger partial charge is 0.254 e. The lowest BCUT2D eigenvalue weighted by atomic mass is 10.3. The van der Waals surface area contributed by atoms with Gasteiger partial charge in [0.2, 0.25) is 5.91 Å². The molecule has 0 radical (unpaired) electrons. The van der Waals surface area contributed by atoms with Crippen LogP contribution in [0.5, 0.6) is 0 Å². The number of carbonyl (C=O) groups is 1. The van der Waals surface area contributed by atoms with Gasteiger partial charge in [-0.1, -0.05) is 0 Å². The van der Waals surface area contributed by atoms with Crippen molar-refractivity contribution in [1.29, 1.82) is 0 Å². The predicted molar refractivity (Wildman–Crippen MR) is 108 cm³/mol. The Labute approximate surface area is 172 Å². The molecule has 1 aliphatic heterocycles. The molecule has 154 valence electrons. The van der Waals surface area contributed by atoms with Crippen LogP contribution in [-0.4, -0.2) is 66.5 Å². The van der Waals surface area contributed by atoms with Crippen LogP contribution in [0, 0.1) is 0 Å². The number of rotatable bonds is 5. The van der Waals surface area contributed by atoms with Crippen molar-refractivity contribution in [2.45, 2.75) is 25.3 Å². The molecule has 3 aromatic heterocycles. The van der Waals surface area contributed by atoms with E-state index in [2.05, 4.69) is 25.2 Å². The van der Waals surface area contributed by atoms with Crippen LogP contribution in [0.1, 0.15) is 24.5 Å². The first kappa shape index (κ1) is 18.5. The Kier molecular flexibility index (Phi) is 4.74. The van der Waals surface area contributed by atoms with E-state index in [1.807, 2.05) is 24.4 Å². The van der Waals surface area contributed by atoms with Crippen LogP contribution < -0.4 is 10.5 Å². The summed E-state index contributed by atoms with van der Waals surface area (Å²) in [6.45, 7) is 2.49. The van der Waals surface area contributed by atoms with Gasteiger partial charge in [-0.05, 0) is 31.0 Å². The lowest BCUT2D eigenvalue weighted by Crippen LogP contribution is -2.50. The van der Waals surface area contributed by atoms with Crippen molar-refractivity contribution in [1.82, 2.24) is 34.4 Å². The van der Waals surface area contributed by atoms with E-state index in [9.17, 15) is 9.59 Å². The molecule has 2 fully saturated rings. The van der Waals surface area contributed by atoms with Crippen LogP contribution in [0.3, 0.4) is 0 Å². The van der Waals surface area contributed by atoms with E-state index < -0.39 is 0 Å². The fourth-order valence-electron chi connectivity index (χ4n) is 3.61. The number of anilines is 1. The minimum atomic E-state index is -0.161. The van der Waals surface area contributed by atoms with Gasteiger partial charge >= 0.3 is 0 Å². The van der Waals surface area contributed by atoms with E-state index in [4.69, 9.17) is 0 Å². The molecule has 0 aromatic carbocycles. The summed E-state index contributed by atoms with van der Waals surface area (Å²) in [6, 6.07) is 7.18. The van der Waals surface area contributed by atoms with Gasteiger partial charge in [-0.25, -0.2) is 9.67 Å². The molecular weight excluding hydrogens is 384 g/mol. The Balaban J connectivity index is 1.17. The van der Waals surface area contributed by atoms with E-state index in [1.54, 1.807) is 21.8 Å². The second-order valence-electron chi connectivity index (χ2n) is 7.62. The maximum atomic E-state index is 12.7. The minimum absolute atomic E-state index is 0.0230. The van der Waals surface area contributed by atoms with Crippen LogP contribution in [0.15, 0.2) is 47.8 Å². The predicted octanol–water partition coefficient (Wildman–Crippen LogP) is 0.445. The number of amides is 1. The Hall–Kier alpha value is -3.56. The molecule has 0 spiro atoms. The maximum Gasteiger partial charge on any atom is 0.254 e. The molecule has 30 heavy (non-hydrogen) atoms. The number of hydrogen-bond donors (Lipinski definition) is 0. The SMILES string of the molecule is O=C(Cn1cnc(C2CC2)cc1=O)N1CCN(c2ccc(-n3cccn3)nn2)CC1. The highest BCUT2D eigenvalue weighted by molar-refractivity contribution is 5.76. The monoisotopic (exact) mass is 406 g/mol. The molecular formula is C20H22N8O2. The summed E-state index contributed by atoms with van der Waals surface area (Å²) >= 11 is 0. The van der Waals surface area contributed by atoms with Crippen molar-refractivity contribution in [2.24, 2.45) is 0 Å². The summed E-state index contributed by atoms with van der Waals surface area (Å²) in [5, 5.41) is 12.7. The largest absolute Gasteiger partial charge is 0.352 e. The first-order valence-electron chi connectivity index (χ1n) is 10.1. The van der Waals surface area contributed by atoms with Gasteiger partial charge in [-0.2, -0.15) is 5.10 Å². The third-order valence-electron chi connectivity index (χ3n) is 5.53. The van der Waals surface area contributed by atoms with Gasteiger partial charge in [-0.3, -0.25) is 14.2 Å². The number of piperazine rings is 1. The van der Waals surface area contributed by atoms with Crippen molar-refractivity contribution in [3.05, 3.63) is 59.0 Å². The second-order valence-corrected chi connectivity index (χ2v) is 7.62. The van der Waals surface area contributed by atoms with Crippen molar-refractivity contribution in [3.8, 4) is 5.82 Å². The van der Waals surface area contributed by atoms with Gasteiger partial charge in [0.25, 0.3) is 5.56 Å². The van der Waals surface area contributed by atoms with Crippen LogP contribution in [0.25, 0.3) is 5.82 Å². The van der Waals surface area contributed by atoms with E-state index in [1.165, 1.54) is 10.9 Å². The Morgan fingerprint density at radius 3 is 2.47 bits per heavy atom. The summed E-state index contributed by atoms with van der Waals surface area (Å²) in [4.78, 5) is 33.1. The molecule has 0 N–H and O–H groups in total. The van der Waals surface area contributed by atoms with Crippen LogP contribution in [-0.2, 0) is 11.3 Å². The molecule has 2 aliphatic rings. The van der Waals surface area contributed by atoms with E-state index in [-0.39, 0.29) is 18.0 Å². The normalized spacial score (nSPS) is 16.7. The van der Waals surface area contributed by atoms with Gasteiger partial charge in [0.15, 0.2) is 11.6 Å². The lowest BCUT2D eigenvalue weighted by Gasteiger charge is -2.35. The second kappa shape index (κ2) is 7.69. The summed E-state index contributed by atoms with van der Waals surface area (Å²) in [7, 11) is 0. The number of nitrogens with zero attached hydrogens (tertiary/aromatic N) is 8. The highest BCUT2D eigenvalue weighted by Gasteiger charge is 2.26. The van der Waals surface area contributed by atoms with Gasteiger partial charge in [0, 0.05) is 50.6 Å². The lowest BCUT2D eigenvalue weighted by molar-refractivity contribution is -0.132. The zero-order valence-corrected chi connectivity index (χ0v) is 16.5. The fourth-order valence-corrected chi connectivity index (χ4v) is 3.61. The molecule has 4 heterocycles. The highest BCUT2D eigenvalue weighted by Crippen LogP contribution is 2.38. The van der Waals surface area contributed by atoms with Crippen LogP contribution >= 0.6 is 0 Å². The van der Waals surface area contributed by atoms with Crippen LogP contribution in [0.2, 0.25) is 0 Å². The van der Waals surface area contributed by atoms with Gasteiger partial charge < -0.3 is 9.80 Å². The molecule has 1 amide bonds. The molecule has 10 heteroatoms. The number of aromatic nitrogens is 6. The first-order chi connectivity index (χ1) is 14.7. The highest BCUT2D eigenvalue weighted by atomic mass is 16.2. The molecule has 1 aliphatic carbocycles. The molecule has 1 saturated carbocycles. The Morgan fingerprint density at radius 1 is 1.07 bits per heavy atom. The van der Waals surface area contributed by atoms with Crippen molar-refractivity contribution in [3.63, 3.8) is 0 Å². The first-order valence-corrected chi connectivity index (χ1v) is 10.1. The molecule has 5 rings (SSSR count). The van der Waals surface area contributed by atoms with Crippen molar-refractivity contribution in [2.75, 3.05) is 31.1 Å². The van der Waals surface area contributed by atoms with Crippen molar-refractivity contribution < 1.29 is 4.79 Å². The third-order valence-corrected chi connectivity index (χ3v) is 5.53. The Bertz CT molecular complexity index is 1080. The standard InChI is InChI=1S/C20H22N8O2/c29-19-12-16(15-2-3-15)21-14-27(19)13-20(30)26-10-8-25(9-11-26)17-4-5-18(24-23-17)28-7-1-6-22-28/h1,4-7,12,14-15H,2-3,8-11,13H2. The van der Waals surface area contributed by atoms with Gasteiger partial charge in [0.1, 0.15) is 6.54 Å². The summed E-state index contributed by atoms with van der Waals surface area (Å²) < 4.78 is 3.04. The molecule has 3 aromatic rings. The molecule has 10 nitrogen and oxygen atoms in total. The van der Waals surface area contributed by atoms with E-state index >= 15 is 0 Å². The van der Waals surface area contributed by atoms with Crippen LogP contribution in [0.4, 0.5) is 5.82 Å². The third kappa shape index (κ3) is 3.80. The number of hydrogen-bond acceptors (Lipinski definition) is 7. The quantitative estimate of drug-likeness (QED) is 0.606. The summed E-state index contributed by atoms with van der Waals surface area (Å²) in [5.41, 5.74) is 0.684. The molecule has 0 atom stereocenters. The van der Waals surface area contributed by atoms with E-state index in [0.717, 1.165) is 24.4 Å². The summed E-state index contributed by atoms with van der Waals surface area (Å²) in [5.74, 6) is 1.78. The van der Waals surface area contributed by atoms with Crippen molar-refractivity contribution >= 4 is 11.7 Å². The maximum absolute atomic E-state index is 12.7. The van der Waals surface area contributed by atoms with Gasteiger partial charge in [-0.15, -0.1) is 10.2 Å². The number of carbonyl (C=O) groups excluding carboxylic acids is 1. The molecule has 1 saturated heterocycles. The average Bonchev–Trinajstić information content (AvgIpc) is 3.49. The fraction of sp³-hybridized carbons (Fsp3) is 0.400. The van der Waals surface area contributed by atoms with Gasteiger partial charge in [0.05, 0.1) is 12.0 Å². The topological polar surface area (TPSA) is 102 Å². The summed E-state index contributed by atoms with van der Waals surface area (Å²) in [6.07, 6.45) is 7.19. The molecule has 0 unspecified atom stereocenters. The minimum Gasteiger partial charge on any atom is -0.352 e. The molecule has 0 bridgehead atoms.